The van der Waals surface area contributed by atoms with Crippen molar-refractivity contribution in [2.24, 2.45) is 0 Å². The molecule has 1 atom stereocenters. The monoisotopic (exact) mass is 337 g/mol. The number of carbonyl (C=O) groups excluding carboxylic acids is 3. The van der Waals surface area contributed by atoms with Crippen LogP contribution in [0.15, 0.2) is 24.3 Å². The molecule has 0 saturated heterocycles. The minimum Gasteiger partial charge on any atom is -0.453 e. The highest BCUT2D eigenvalue weighted by atomic mass is 19.1. The number of imide groups is 1. The molecule has 1 N–H and O–H groups in total. The fraction of sp³-hybridized carbons (Fsp3) is 0.471. The number of alkyl carbamates (subject to hydrolysis) is 1. The molecule has 0 aliphatic heterocycles. The van der Waals surface area contributed by atoms with Gasteiger partial charge in [0.2, 0.25) is 0 Å². The fourth-order valence-electron chi connectivity index (χ4n) is 2.94. The molecule has 1 aromatic carbocycles. The van der Waals surface area contributed by atoms with E-state index < -0.39 is 29.5 Å². The maximum absolute atomic E-state index is 13.2. The van der Waals surface area contributed by atoms with Crippen LogP contribution >= 0.6 is 0 Å². The van der Waals surface area contributed by atoms with Gasteiger partial charge in [0, 0.05) is 0 Å². The van der Waals surface area contributed by atoms with Gasteiger partial charge in [0.25, 0.3) is 5.91 Å². The van der Waals surface area contributed by atoms with Crippen LogP contribution in [0.25, 0.3) is 0 Å². The normalized spacial score (nSPS) is 17.0. The van der Waals surface area contributed by atoms with Crippen molar-refractivity contribution >= 4 is 18.0 Å². The maximum Gasteiger partial charge on any atom is 0.413 e. The third-order valence-electron chi connectivity index (χ3n) is 4.31. The van der Waals surface area contributed by atoms with E-state index in [-0.39, 0.29) is 5.82 Å². The minimum atomic E-state index is -1.14. The molecule has 2 amide bonds. The lowest BCUT2D eigenvalue weighted by molar-refractivity contribution is -0.160. The molecule has 7 heteroatoms. The fourth-order valence-corrected chi connectivity index (χ4v) is 2.94. The number of nitrogens with one attached hydrogen (secondary N) is 1. The van der Waals surface area contributed by atoms with E-state index in [1.165, 1.54) is 19.1 Å². The second-order valence-corrected chi connectivity index (χ2v) is 5.82. The zero-order valence-corrected chi connectivity index (χ0v) is 13.6. The second-order valence-electron chi connectivity index (χ2n) is 5.82. The molecule has 130 valence electrons. The first-order chi connectivity index (χ1) is 11.4. The number of benzene rings is 1. The number of hydrogen-bond acceptors (Lipinski definition) is 5. The van der Waals surface area contributed by atoms with Gasteiger partial charge in [0.15, 0.2) is 6.10 Å². The van der Waals surface area contributed by atoms with Crippen molar-refractivity contribution in [3.05, 3.63) is 35.6 Å². The molecule has 0 heterocycles. The van der Waals surface area contributed by atoms with Gasteiger partial charge in [0.1, 0.15) is 5.82 Å². The SMILES string of the molecule is COC(=O)NC(=O)[C@@H](C)OC(=O)C1(c2ccc(F)cc2)CCCC1. The highest BCUT2D eigenvalue weighted by molar-refractivity contribution is 5.95. The van der Waals surface area contributed by atoms with Crippen LogP contribution in [-0.2, 0) is 24.5 Å². The molecular formula is C17H20FNO5. The highest BCUT2D eigenvalue weighted by Gasteiger charge is 2.45. The molecule has 0 radical (unpaired) electrons. The molecule has 1 saturated carbocycles. The summed E-state index contributed by atoms with van der Waals surface area (Å²) < 4.78 is 22.8. The van der Waals surface area contributed by atoms with E-state index in [2.05, 4.69) is 4.74 Å². The molecule has 1 aromatic rings. The number of carbonyl (C=O) groups is 3. The van der Waals surface area contributed by atoms with Gasteiger partial charge < -0.3 is 9.47 Å². The maximum atomic E-state index is 13.2. The van der Waals surface area contributed by atoms with Gasteiger partial charge in [-0.15, -0.1) is 0 Å². The van der Waals surface area contributed by atoms with Gasteiger partial charge in [-0.2, -0.15) is 0 Å². The number of hydrogen-bond donors (Lipinski definition) is 1. The first kappa shape index (κ1) is 17.9. The molecule has 1 fully saturated rings. The molecular weight excluding hydrogens is 317 g/mol. The summed E-state index contributed by atoms with van der Waals surface area (Å²) in [6.07, 6.45) is 0.766. The summed E-state index contributed by atoms with van der Waals surface area (Å²) in [5.74, 6) is -1.69. The van der Waals surface area contributed by atoms with Crippen LogP contribution < -0.4 is 5.32 Å². The van der Waals surface area contributed by atoms with Gasteiger partial charge >= 0.3 is 12.1 Å². The quantitative estimate of drug-likeness (QED) is 0.854. The smallest absolute Gasteiger partial charge is 0.413 e. The third kappa shape index (κ3) is 3.72. The van der Waals surface area contributed by atoms with Crippen LogP contribution in [0.1, 0.15) is 38.2 Å². The first-order valence-electron chi connectivity index (χ1n) is 7.75. The topological polar surface area (TPSA) is 81.7 Å². The van der Waals surface area contributed by atoms with Crippen LogP contribution in [0.4, 0.5) is 9.18 Å². The van der Waals surface area contributed by atoms with Crippen LogP contribution in [0, 0.1) is 5.82 Å². The van der Waals surface area contributed by atoms with Crippen molar-refractivity contribution in [2.45, 2.75) is 44.1 Å². The lowest BCUT2D eigenvalue weighted by Gasteiger charge is -2.28. The number of methoxy groups -OCH3 is 1. The Morgan fingerprint density at radius 3 is 2.29 bits per heavy atom. The summed E-state index contributed by atoms with van der Waals surface area (Å²) >= 11 is 0. The van der Waals surface area contributed by atoms with Gasteiger partial charge in [-0.25, -0.2) is 9.18 Å². The van der Waals surface area contributed by atoms with Crippen molar-refractivity contribution in [1.29, 1.82) is 0 Å². The molecule has 6 nitrogen and oxygen atoms in total. The Kier molecular flexibility index (Phi) is 5.54. The number of rotatable bonds is 4. The van der Waals surface area contributed by atoms with Crippen molar-refractivity contribution in [1.82, 2.24) is 5.32 Å². The van der Waals surface area contributed by atoms with Gasteiger partial charge in [-0.3, -0.25) is 14.9 Å². The Hall–Kier alpha value is -2.44. The standard InChI is InChI=1S/C17H20FNO5/c1-11(14(20)19-16(22)23-2)24-15(21)17(9-3-4-10-17)12-5-7-13(18)8-6-12/h5-8,11H,3-4,9-10H2,1-2H3,(H,19,20,22)/t11-/m1/s1. The lowest BCUT2D eigenvalue weighted by Crippen LogP contribution is -2.43. The number of esters is 1. The average Bonchev–Trinajstić information content (AvgIpc) is 3.06. The zero-order valence-electron chi connectivity index (χ0n) is 13.6. The van der Waals surface area contributed by atoms with E-state index in [1.807, 2.05) is 5.32 Å². The molecule has 1 aliphatic rings. The highest BCUT2D eigenvalue weighted by Crippen LogP contribution is 2.42. The Morgan fingerprint density at radius 1 is 1.17 bits per heavy atom. The number of halogens is 1. The van der Waals surface area contributed by atoms with E-state index in [4.69, 9.17) is 4.74 Å². The predicted molar refractivity (Wildman–Crippen MR) is 82.6 cm³/mol. The summed E-state index contributed by atoms with van der Waals surface area (Å²) in [4.78, 5) is 35.6. The molecule has 24 heavy (non-hydrogen) atoms. The molecule has 2 rings (SSSR count). The van der Waals surface area contributed by atoms with E-state index in [0.717, 1.165) is 20.0 Å². The van der Waals surface area contributed by atoms with E-state index in [9.17, 15) is 18.8 Å². The van der Waals surface area contributed by atoms with Crippen LogP contribution in [0.3, 0.4) is 0 Å². The van der Waals surface area contributed by atoms with Crippen LogP contribution in [0.2, 0.25) is 0 Å². The summed E-state index contributed by atoms with van der Waals surface area (Å²) in [5, 5.41) is 1.96. The molecule has 0 spiro atoms. The van der Waals surface area contributed by atoms with Gasteiger partial charge in [-0.05, 0) is 37.5 Å². The van der Waals surface area contributed by atoms with Crippen LogP contribution in [-0.4, -0.2) is 31.2 Å². The van der Waals surface area contributed by atoms with Crippen LogP contribution in [0.5, 0.6) is 0 Å². The van der Waals surface area contributed by atoms with Crippen molar-refractivity contribution in [3.8, 4) is 0 Å². The van der Waals surface area contributed by atoms with E-state index >= 15 is 0 Å². The number of amides is 2. The third-order valence-corrected chi connectivity index (χ3v) is 4.31. The van der Waals surface area contributed by atoms with Gasteiger partial charge in [0.05, 0.1) is 12.5 Å². The largest absolute Gasteiger partial charge is 0.453 e. The summed E-state index contributed by atoms with van der Waals surface area (Å²) in [6.45, 7) is 1.38. The van der Waals surface area contributed by atoms with Gasteiger partial charge in [-0.1, -0.05) is 25.0 Å². The Balaban J connectivity index is 2.14. The summed E-state index contributed by atoms with van der Waals surface area (Å²) in [6, 6.07) is 5.74. The molecule has 0 aromatic heterocycles. The zero-order chi connectivity index (χ0) is 17.7. The average molecular weight is 337 g/mol. The van der Waals surface area contributed by atoms with Crippen molar-refractivity contribution in [3.63, 3.8) is 0 Å². The molecule has 0 unspecified atom stereocenters. The first-order valence-corrected chi connectivity index (χ1v) is 7.75. The van der Waals surface area contributed by atoms with Crippen molar-refractivity contribution < 1.29 is 28.2 Å². The molecule has 1 aliphatic carbocycles. The lowest BCUT2D eigenvalue weighted by atomic mass is 9.79. The molecule has 0 bridgehead atoms. The Morgan fingerprint density at radius 2 is 1.75 bits per heavy atom. The van der Waals surface area contributed by atoms with E-state index in [1.54, 1.807) is 12.1 Å². The van der Waals surface area contributed by atoms with E-state index in [0.29, 0.717) is 18.4 Å². The summed E-state index contributed by atoms with van der Waals surface area (Å²) in [7, 11) is 1.13. The van der Waals surface area contributed by atoms with Crippen molar-refractivity contribution in [2.75, 3.05) is 7.11 Å². The minimum absolute atomic E-state index is 0.383. The predicted octanol–water partition coefficient (Wildman–Crippen LogP) is 2.45. The second kappa shape index (κ2) is 7.42. The Labute approximate surface area is 139 Å². The number of ether oxygens (including phenoxy) is 2. The summed E-state index contributed by atoms with van der Waals surface area (Å²) in [5.41, 5.74) is -0.208. The Bertz CT molecular complexity index is 622.